The van der Waals surface area contributed by atoms with Gasteiger partial charge >= 0.3 is 5.92 Å². The van der Waals surface area contributed by atoms with Gasteiger partial charge in [-0.25, -0.2) is 0 Å². The highest BCUT2D eigenvalue weighted by Gasteiger charge is 2.44. The lowest BCUT2D eigenvalue weighted by Crippen LogP contribution is -2.33. The lowest BCUT2D eigenvalue weighted by atomic mass is 9.83. The Balaban J connectivity index is 2.45. The third-order valence-electron chi connectivity index (χ3n) is 2.63. The molecular formula is C10H10F2O. The summed E-state index contributed by atoms with van der Waals surface area (Å²) in [6.45, 7) is 0. The molecule has 0 atom stereocenters. The van der Waals surface area contributed by atoms with Crippen molar-refractivity contribution in [2.24, 2.45) is 0 Å². The predicted octanol–water partition coefficient (Wildman–Crippen LogP) is 2.63. The summed E-state index contributed by atoms with van der Waals surface area (Å²) in [5, 5.41) is 0. The molecule has 0 heterocycles. The van der Waals surface area contributed by atoms with Crippen LogP contribution in [0.1, 0.15) is 25.7 Å². The number of carbonyl (C=O) groups excluding carboxylic acids is 1. The topological polar surface area (TPSA) is 17.1 Å². The van der Waals surface area contributed by atoms with Crippen LogP contribution in [0.3, 0.4) is 0 Å². The molecular weight excluding hydrogens is 174 g/mol. The van der Waals surface area contributed by atoms with Gasteiger partial charge in [-0.15, -0.1) is 0 Å². The maximum Gasteiger partial charge on any atom is 0.331 e. The van der Waals surface area contributed by atoms with Crippen molar-refractivity contribution in [3.63, 3.8) is 0 Å². The van der Waals surface area contributed by atoms with Gasteiger partial charge in [0.2, 0.25) is 5.78 Å². The molecule has 70 valence electrons. The van der Waals surface area contributed by atoms with Crippen LogP contribution in [0.4, 0.5) is 8.78 Å². The van der Waals surface area contributed by atoms with Crippen LogP contribution in [0.5, 0.6) is 0 Å². The third kappa shape index (κ3) is 1.23. The number of allylic oxidation sites excluding steroid dienone is 4. The van der Waals surface area contributed by atoms with E-state index in [2.05, 4.69) is 0 Å². The largest absolute Gasteiger partial charge is 0.331 e. The SMILES string of the molecule is O=C1C=CC2=C(CCCC2)C1(F)F. The van der Waals surface area contributed by atoms with Gasteiger partial charge in [0, 0.05) is 5.57 Å². The molecule has 1 nitrogen and oxygen atoms in total. The summed E-state index contributed by atoms with van der Waals surface area (Å²) < 4.78 is 26.6. The summed E-state index contributed by atoms with van der Waals surface area (Å²) in [6, 6.07) is 0. The minimum absolute atomic E-state index is 0.0613. The molecule has 2 rings (SSSR count). The summed E-state index contributed by atoms with van der Waals surface area (Å²) in [7, 11) is 0. The molecule has 0 amide bonds. The standard InChI is InChI=1S/C10H10F2O/c11-10(12)8-4-2-1-3-7(8)5-6-9(10)13/h5-6H,1-4H2. The summed E-state index contributed by atoms with van der Waals surface area (Å²) in [6.07, 6.45) is 5.34. The molecule has 2 aliphatic rings. The highest BCUT2D eigenvalue weighted by atomic mass is 19.3. The second kappa shape index (κ2) is 2.76. The molecule has 0 aliphatic heterocycles. The minimum Gasteiger partial charge on any atom is -0.288 e. The van der Waals surface area contributed by atoms with Crippen LogP contribution in [-0.4, -0.2) is 11.7 Å². The molecule has 0 unspecified atom stereocenters. The summed E-state index contributed by atoms with van der Waals surface area (Å²) in [4.78, 5) is 10.9. The first kappa shape index (κ1) is 8.60. The Kier molecular flexibility index (Phi) is 1.82. The van der Waals surface area contributed by atoms with Crippen molar-refractivity contribution >= 4 is 5.78 Å². The van der Waals surface area contributed by atoms with Crippen molar-refractivity contribution in [2.45, 2.75) is 31.6 Å². The van der Waals surface area contributed by atoms with Crippen molar-refractivity contribution in [1.29, 1.82) is 0 Å². The van der Waals surface area contributed by atoms with Crippen molar-refractivity contribution in [3.8, 4) is 0 Å². The fourth-order valence-corrected chi connectivity index (χ4v) is 1.90. The van der Waals surface area contributed by atoms with Gasteiger partial charge in [-0.3, -0.25) is 4.79 Å². The zero-order chi connectivity index (χ0) is 9.47. The highest BCUT2D eigenvalue weighted by molar-refractivity contribution is 6.00. The van der Waals surface area contributed by atoms with Gasteiger partial charge in [0.05, 0.1) is 0 Å². The summed E-state index contributed by atoms with van der Waals surface area (Å²) in [5.74, 6) is -4.28. The Morgan fingerprint density at radius 1 is 1.15 bits per heavy atom. The van der Waals surface area contributed by atoms with Crippen molar-refractivity contribution in [2.75, 3.05) is 0 Å². The van der Waals surface area contributed by atoms with E-state index < -0.39 is 11.7 Å². The monoisotopic (exact) mass is 184 g/mol. The first-order valence-corrected chi connectivity index (χ1v) is 4.45. The first-order chi connectivity index (χ1) is 6.12. The fraction of sp³-hybridized carbons (Fsp3) is 0.500. The van der Waals surface area contributed by atoms with Crippen molar-refractivity contribution in [3.05, 3.63) is 23.3 Å². The first-order valence-electron chi connectivity index (χ1n) is 4.45. The smallest absolute Gasteiger partial charge is 0.288 e. The Bertz CT molecular complexity index is 313. The fourth-order valence-electron chi connectivity index (χ4n) is 1.90. The lowest BCUT2D eigenvalue weighted by Gasteiger charge is -2.26. The molecule has 0 spiro atoms. The number of ketones is 1. The maximum atomic E-state index is 13.3. The molecule has 0 bridgehead atoms. The molecule has 0 fully saturated rings. The Morgan fingerprint density at radius 2 is 1.85 bits per heavy atom. The molecule has 0 radical (unpaired) electrons. The number of carbonyl (C=O) groups is 1. The van der Waals surface area contributed by atoms with Crippen LogP contribution >= 0.6 is 0 Å². The van der Waals surface area contributed by atoms with E-state index in [9.17, 15) is 13.6 Å². The van der Waals surface area contributed by atoms with E-state index in [1.165, 1.54) is 0 Å². The number of hydrogen-bond acceptors (Lipinski definition) is 1. The van der Waals surface area contributed by atoms with E-state index in [1.807, 2.05) is 0 Å². The third-order valence-corrected chi connectivity index (χ3v) is 2.63. The van der Waals surface area contributed by atoms with Gasteiger partial charge in [0.15, 0.2) is 0 Å². The number of hydrogen-bond donors (Lipinski definition) is 0. The normalized spacial score (nSPS) is 26.2. The number of alkyl halides is 2. The molecule has 0 aromatic rings. The second-order valence-electron chi connectivity index (χ2n) is 3.48. The van der Waals surface area contributed by atoms with Gasteiger partial charge in [-0.1, -0.05) is 6.08 Å². The van der Waals surface area contributed by atoms with Gasteiger partial charge in [-0.2, -0.15) is 8.78 Å². The molecule has 0 aromatic heterocycles. The van der Waals surface area contributed by atoms with Gasteiger partial charge in [0.25, 0.3) is 0 Å². The minimum atomic E-state index is -3.22. The maximum absolute atomic E-state index is 13.3. The van der Waals surface area contributed by atoms with Crippen LogP contribution in [0.25, 0.3) is 0 Å². The molecule has 13 heavy (non-hydrogen) atoms. The van der Waals surface area contributed by atoms with Crippen LogP contribution in [-0.2, 0) is 4.79 Å². The molecule has 0 saturated heterocycles. The zero-order valence-electron chi connectivity index (χ0n) is 7.15. The van der Waals surface area contributed by atoms with Crippen molar-refractivity contribution < 1.29 is 13.6 Å². The van der Waals surface area contributed by atoms with E-state index in [4.69, 9.17) is 0 Å². The van der Waals surface area contributed by atoms with E-state index in [0.717, 1.165) is 18.9 Å². The van der Waals surface area contributed by atoms with Crippen LogP contribution in [0.15, 0.2) is 23.3 Å². The average Bonchev–Trinajstić information content (AvgIpc) is 2.13. The van der Waals surface area contributed by atoms with Gasteiger partial charge < -0.3 is 0 Å². The zero-order valence-corrected chi connectivity index (χ0v) is 7.15. The van der Waals surface area contributed by atoms with E-state index in [-0.39, 0.29) is 5.57 Å². The van der Waals surface area contributed by atoms with Crippen LogP contribution in [0, 0.1) is 0 Å². The molecule has 0 N–H and O–H groups in total. The van der Waals surface area contributed by atoms with E-state index in [0.29, 0.717) is 18.4 Å². The van der Waals surface area contributed by atoms with Crippen LogP contribution in [0.2, 0.25) is 0 Å². The number of halogens is 2. The molecule has 2 aliphatic carbocycles. The highest BCUT2D eigenvalue weighted by Crippen LogP contribution is 2.39. The van der Waals surface area contributed by atoms with E-state index in [1.54, 1.807) is 6.08 Å². The van der Waals surface area contributed by atoms with Gasteiger partial charge in [-0.05, 0) is 37.3 Å². The summed E-state index contributed by atoms with van der Waals surface area (Å²) in [5.41, 5.74) is 0.738. The number of rotatable bonds is 0. The second-order valence-corrected chi connectivity index (χ2v) is 3.48. The van der Waals surface area contributed by atoms with Crippen molar-refractivity contribution in [1.82, 2.24) is 0 Å². The lowest BCUT2D eigenvalue weighted by molar-refractivity contribution is -0.133. The average molecular weight is 184 g/mol. The Labute approximate surface area is 75.1 Å². The molecule has 0 saturated carbocycles. The Morgan fingerprint density at radius 3 is 2.62 bits per heavy atom. The molecule has 3 heteroatoms. The summed E-state index contributed by atoms with van der Waals surface area (Å²) >= 11 is 0. The van der Waals surface area contributed by atoms with Crippen LogP contribution < -0.4 is 0 Å². The predicted molar refractivity (Wildman–Crippen MR) is 44.6 cm³/mol. The van der Waals surface area contributed by atoms with E-state index >= 15 is 0 Å². The Hall–Kier alpha value is -0.990. The van der Waals surface area contributed by atoms with Gasteiger partial charge in [0.1, 0.15) is 0 Å². The molecule has 0 aromatic carbocycles. The quantitative estimate of drug-likeness (QED) is 0.565.